The van der Waals surface area contributed by atoms with Crippen LogP contribution in [0.25, 0.3) is 0 Å². The number of ether oxygens (including phenoxy) is 1. The van der Waals surface area contributed by atoms with Crippen LogP contribution in [-0.4, -0.2) is 42.6 Å². The minimum absolute atomic E-state index is 0.316. The summed E-state index contributed by atoms with van der Waals surface area (Å²) in [7, 11) is 1.39. The molecule has 0 spiro atoms. The summed E-state index contributed by atoms with van der Waals surface area (Å²) in [6.07, 6.45) is 5.56. The van der Waals surface area contributed by atoms with E-state index in [-0.39, 0.29) is 5.97 Å². The van der Waals surface area contributed by atoms with Crippen LogP contribution in [0.1, 0.15) is 46.0 Å². The third kappa shape index (κ3) is 4.28. The maximum Gasteiger partial charge on any atom is 0.325 e. The maximum absolute atomic E-state index is 11.4. The monoisotopic (exact) mass is 242 g/mol. The number of hydrogen-bond acceptors (Lipinski definition) is 4. The number of likely N-dealkylation sites (tertiary alicyclic amines) is 1. The minimum Gasteiger partial charge on any atom is -0.468 e. The van der Waals surface area contributed by atoms with Gasteiger partial charge in [-0.15, -0.1) is 0 Å². The number of carbonyl (C=O) groups is 1. The summed E-state index contributed by atoms with van der Waals surface area (Å²) in [6.45, 7) is 6.24. The lowest BCUT2D eigenvalue weighted by atomic mass is 9.96. The van der Waals surface area contributed by atoms with Crippen molar-refractivity contribution in [2.45, 2.75) is 57.5 Å². The molecule has 1 aliphatic heterocycles. The van der Waals surface area contributed by atoms with E-state index in [9.17, 15) is 4.79 Å². The fraction of sp³-hybridized carbons (Fsp3) is 0.923. The average Bonchev–Trinajstić information content (AvgIpc) is 2.30. The van der Waals surface area contributed by atoms with Crippen LogP contribution in [0, 0.1) is 0 Å². The lowest BCUT2D eigenvalue weighted by Gasteiger charge is -2.34. The molecule has 0 radical (unpaired) electrons. The highest BCUT2D eigenvalue weighted by Crippen LogP contribution is 2.18. The van der Waals surface area contributed by atoms with E-state index in [1.165, 1.54) is 32.9 Å². The van der Waals surface area contributed by atoms with E-state index in [0.717, 1.165) is 13.0 Å². The molecule has 17 heavy (non-hydrogen) atoms. The number of rotatable bonds is 5. The first kappa shape index (κ1) is 14.5. The quantitative estimate of drug-likeness (QED) is 0.743. The molecule has 2 atom stereocenters. The van der Waals surface area contributed by atoms with E-state index in [4.69, 9.17) is 10.5 Å². The van der Waals surface area contributed by atoms with Gasteiger partial charge in [0.15, 0.2) is 0 Å². The number of hydrogen-bond donors (Lipinski definition) is 1. The van der Waals surface area contributed by atoms with Crippen LogP contribution in [-0.2, 0) is 9.53 Å². The molecule has 1 aliphatic rings. The molecular weight excluding hydrogens is 216 g/mol. The number of piperidine rings is 1. The molecule has 0 aromatic carbocycles. The Balaban J connectivity index is 2.29. The number of nitrogens with two attached hydrogens (primary N) is 1. The topological polar surface area (TPSA) is 55.6 Å². The Morgan fingerprint density at radius 1 is 1.53 bits per heavy atom. The second-order valence-corrected chi connectivity index (χ2v) is 5.39. The molecule has 0 bridgehead atoms. The van der Waals surface area contributed by atoms with Crippen molar-refractivity contribution in [3.05, 3.63) is 0 Å². The largest absolute Gasteiger partial charge is 0.468 e. The van der Waals surface area contributed by atoms with Crippen LogP contribution in [0.5, 0.6) is 0 Å². The van der Waals surface area contributed by atoms with Gasteiger partial charge in [-0.05, 0) is 52.6 Å². The van der Waals surface area contributed by atoms with Gasteiger partial charge >= 0.3 is 5.97 Å². The second-order valence-electron chi connectivity index (χ2n) is 5.39. The average molecular weight is 242 g/mol. The summed E-state index contributed by atoms with van der Waals surface area (Å²) in [5.74, 6) is -0.316. The maximum atomic E-state index is 11.4. The fourth-order valence-corrected chi connectivity index (χ4v) is 2.47. The number of methoxy groups -OCH3 is 1. The van der Waals surface area contributed by atoms with E-state index in [1.54, 1.807) is 6.92 Å². The van der Waals surface area contributed by atoms with Crippen LogP contribution in [0.2, 0.25) is 0 Å². The smallest absolute Gasteiger partial charge is 0.325 e. The Bertz CT molecular complexity index is 254. The molecule has 1 heterocycles. The van der Waals surface area contributed by atoms with Crippen molar-refractivity contribution in [3.8, 4) is 0 Å². The summed E-state index contributed by atoms with van der Waals surface area (Å²) in [5, 5.41) is 0. The molecule has 0 saturated carbocycles. The summed E-state index contributed by atoms with van der Waals surface area (Å²) in [4.78, 5) is 13.9. The molecule has 1 fully saturated rings. The lowest BCUT2D eigenvalue weighted by Crippen LogP contribution is -2.46. The first-order chi connectivity index (χ1) is 7.97. The first-order valence-electron chi connectivity index (χ1n) is 6.58. The first-order valence-corrected chi connectivity index (χ1v) is 6.58. The van der Waals surface area contributed by atoms with Gasteiger partial charge < -0.3 is 15.4 Å². The highest BCUT2D eigenvalue weighted by Gasteiger charge is 2.29. The minimum atomic E-state index is -0.840. The highest BCUT2D eigenvalue weighted by atomic mass is 16.5. The summed E-state index contributed by atoms with van der Waals surface area (Å²) in [6, 6.07) is 0.672. The molecule has 4 heteroatoms. The van der Waals surface area contributed by atoms with E-state index >= 15 is 0 Å². The number of nitrogens with zero attached hydrogens (tertiary/aromatic N) is 1. The van der Waals surface area contributed by atoms with E-state index in [1.807, 2.05) is 0 Å². The van der Waals surface area contributed by atoms with Crippen LogP contribution < -0.4 is 5.73 Å². The van der Waals surface area contributed by atoms with Crippen molar-refractivity contribution in [2.75, 3.05) is 20.2 Å². The van der Waals surface area contributed by atoms with Crippen LogP contribution in [0.4, 0.5) is 0 Å². The molecule has 2 N–H and O–H groups in total. The number of esters is 1. The summed E-state index contributed by atoms with van der Waals surface area (Å²) in [5.41, 5.74) is 5.09. The van der Waals surface area contributed by atoms with Gasteiger partial charge in [0.1, 0.15) is 5.54 Å². The van der Waals surface area contributed by atoms with Gasteiger partial charge in [-0.1, -0.05) is 6.42 Å². The molecule has 0 aromatic rings. The summed E-state index contributed by atoms with van der Waals surface area (Å²) >= 11 is 0. The van der Waals surface area contributed by atoms with Crippen LogP contribution in [0.3, 0.4) is 0 Å². The zero-order valence-corrected chi connectivity index (χ0v) is 11.4. The van der Waals surface area contributed by atoms with Gasteiger partial charge in [-0.3, -0.25) is 4.79 Å². The molecule has 0 aliphatic carbocycles. The van der Waals surface area contributed by atoms with Crippen molar-refractivity contribution in [1.29, 1.82) is 0 Å². The van der Waals surface area contributed by atoms with Crippen molar-refractivity contribution in [3.63, 3.8) is 0 Å². The van der Waals surface area contributed by atoms with Gasteiger partial charge in [0.25, 0.3) is 0 Å². The molecule has 0 amide bonds. The van der Waals surface area contributed by atoms with Crippen molar-refractivity contribution in [2.24, 2.45) is 5.73 Å². The zero-order chi connectivity index (χ0) is 12.9. The highest BCUT2D eigenvalue weighted by molar-refractivity contribution is 5.79. The SMILES string of the molecule is COC(=O)C(C)(N)CCCN1CCCCC1C. The molecule has 0 aromatic heterocycles. The third-order valence-corrected chi connectivity index (χ3v) is 3.73. The molecule has 4 nitrogen and oxygen atoms in total. The Morgan fingerprint density at radius 3 is 2.82 bits per heavy atom. The van der Waals surface area contributed by atoms with Gasteiger partial charge in [0.2, 0.25) is 0 Å². The van der Waals surface area contributed by atoms with E-state index < -0.39 is 5.54 Å². The van der Waals surface area contributed by atoms with Crippen molar-refractivity contribution in [1.82, 2.24) is 4.90 Å². The Kier molecular flexibility index (Phi) is 5.40. The van der Waals surface area contributed by atoms with Crippen molar-refractivity contribution >= 4 is 5.97 Å². The Labute approximate surface area is 104 Å². The van der Waals surface area contributed by atoms with Crippen molar-refractivity contribution < 1.29 is 9.53 Å². The molecule has 1 rings (SSSR count). The Hall–Kier alpha value is -0.610. The molecule has 1 saturated heterocycles. The second kappa shape index (κ2) is 6.36. The fourth-order valence-electron chi connectivity index (χ4n) is 2.47. The standard InChI is InChI=1S/C13H26N2O2/c1-11-7-4-5-9-15(11)10-6-8-13(2,14)12(16)17-3/h11H,4-10,14H2,1-3H3. The van der Waals surface area contributed by atoms with Gasteiger partial charge in [-0.25, -0.2) is 0 Å². The predicted molar refractivity (Wildman–Crippen MR) is 68.7 cm³/mol. The summed E-state index contributed by atoms with van der Waals surface area (Å²) < 4.78 is 4.70. The lowest BCUT2D eigenvalue weighted by molar-refractivity contribution is -0.146. The Morgan fingerprint density at radius 2 is 2.24 bits per heavy atom. The molecule has 2 unspecified atom stereocenters. The van der Waals surface area contributed by atoms with Gasteiger partial charge in [-0.2, -0.15) is 0 Å². The van der Waals surface area contributed by atoms with Gasteiger partial charge in [0, 0.05) is 6.04 Å². The van der Waals surface area contributed by atoms with Crippen LogP contribution >= 0.6 is 0 Å². The van der Waals surface area contributed by atoms with Gasteiger partial charge in [0.05, 0.1) is 7.11 Å². The zero-order valence-electron chi connectivity index (χ0n) is 11.4. The molecule has 100 valence electrons. The third-order valence-electron chi connectivity index (χ3n) is 3.73. The normalized spacial score (nSPS) is 25.3. The predicted octanol–water partition coefficient (Wildman–Crippen LogP) is 1.53. The van der Waals surface area contributed by atoms with E-state index in [0.29, 0.717) is 12.5 Å². The van der Waals surface area contributed by atoms with E-state index in [2.05, 4.69) is 11.8 Å². The molecular formula is C13H26N2O2. The van der Waals surface area contributed by atoms with Crippen LogP contribution in [0.15, 0.2) is 0 Å². The number of carbonyl (C=O) groups excluding carboxylic acids is 1.